The van der Waals surface area contributed by atoms with Crippen molar-refractivity contribution in [1.29, 1.82) is 0 Å². The van der Waals surface area contributed by atoms with Crippen LogP contribution in [-0.4, -0.2) is 62.2 Å². The van der Waals surface area contributed by atoms with Crippen molar-refractivity contribution in [3.05, 3.63) is 0 Å². The van der Waals surface area contributed by atoms with Crippen LogP contribution < -0.4 is 10.6 Å². The van der Waals surface area contributed by atoms with Crippen LogP contribution in [0.1, 0.15) is 0 Å². The summed E-state index contributed by atoms with van der Waals surface area (Å²) in [5.41, 5.74) is 0. The fourth-order valence-electron chi connectivity index (χ4n) is 1.65. The summed E-state index contributed by atoms with van der Waals surface area (Å²) in [5.74, 6) is 5.54. The van der Waals surface area contributed by atoms with Gasteiger partial charge in [0, 0.05) is 0 Å². The molecule has 1 saturated heterocycles. The van der Waals surface area contributed by atoms with Crippen LogP contribution in [0.15, 0.2) is 0 Å². The van der Waals surface area contributed by atoms with E-state index >= 15 is 0 Å². The first kappa shape index (κ1) is 15.9. The molecule has 0 aliphatic carbocycles. The molecule has 1 rings (SSSR count). The van der Waals surface area contributed by atoms with E-state index in [9.17, 15) is 9.13 Å². The van der Waals surface area contributed by atoms with Gasteiger partial charge >= 0.3 is 109 Å². The second-order valence-electron chi connectivity index (χ2n) is 3.86. The van der Waals surface area contributed by atoms with Gasteiger partial charge in [-0.15, -0.1) is 0 Å². The van der Waals surface area contributed by atoms with E-state index in [0.717, 1.165) is 52.4 Å². The molecule has 0 aromatic carbocycles. The Morgan fingerprint density at radius 3 is 1.33 bits per heavy atom. The van der Waals surface area contributed by atoms with E-state index in [-0.39, 0.29) is 15.8 Å². The van der Waals surface area contributed by atoms with Crippen molar-refractivity contribution in [2.75, 3.05) is 52.4 Å². The molecule has 0 amide bonds. The maximum atomic E-state index is 10.5. The number of nitrogens with one attached hydrogen (secondary N) is 2. The van der Waals surface area contributed by atoms with Crippen molar-refractivity contribution in [2.45, 2.75) is 0 Å². The normalized spacial score (nSPS) is 20.9. The molecule has 18 heavy (non-hydrogen) atoms. The van der Waals surface area contributed by atoms with Crippen molar-refractivity contribution < 1.29 is 9.13 Å². The maximum absolute atomic E-state index is 10.5. The molecule has 0 saturated carbocycles. The SMILES string of the molecule is O=P#CN1CCNCCN(C#P=O)CCNCC1. The first-order valence-corrected chi connectivity index (χ1v) is 7.56. The van der Waals surface area contributed by atoms with E-state index < -0.39 is 0 Å². The molecule has 0 aromatic rings. The van der Waals surface area contributed by atoms with Crippen LogP contribution in [0.25, 0.3) is 0 Å². The molecule has 0 spiro atoms. The van der Waals surface area contributed by atoms with Crippen molar-refractivity contribution in [3.8, 4) is 11.5 Å². The molecule has 1 fully saturated rings. The molecule has 6 nitrogen and oxygen atoms in total. The zero-order valence-electron chi connectivity index (χ0n) is 10.3. The molecule has 0 bridgehead atoms. The second kappa shape index (κ2) is 10.8. The number of hydrogen-bond donors (Lipinski definition) is 2. The molecule has 1 heterocycles. The molecule has 0 radical (unpaired) electrons. The van der Waals surface area contributed by atoms with Crippen molar-refractivity contribution >= 4 is 15.8 Å². The van der Waals surface area contributed by atoms with Crippen LogP contribution in [0.5, 0.6) is 0 Å². The summed E-state index contributed by atoms with van der Waals surface area (Å²) >= 11 is 0. The van der Waals surface area contributed by atoms with E-state index in [2.05, 4.69) is 22.1 Å². The summed E-state index contributed by atoms with van der Waals surface area (Å²) in [6, 6.07) is 0. The van der Waals surface area contributed by atoms with Crippen LogP contribution in [0.3, 0.4) is 0 Å². The molecule has 0 unspecified atom stereocenters. The molecular weight excluding hydrogens is 270 g/mol. The monoisotopic (exact) mass is 288 g/mol. The van der Waals surface area contributed by atoms with E-state index in [4.69, 9.17) is 0 Å². The van der Waals surface area contributed by atoms with E-state index in [0.29, 0.717) is 0 Å². The predicted octanol–water partition coefficient (Wildman–Crippen LogP) is 0.200. The number of rotatable bonds is 0. The molecule has 0 atom stereocenters. The van der Waals surface area contributed by atoms with Gasteiger partial charge in [0.25, 0.3) is 0 Å². The molecule has 1 aliphatic heterocycles. The van der Waals surface area contributed by atoms with E-state index in [1.807, 2.05) is 9.80 Å². The molecule has 2 N–H and O–H groups in total. The fraction of sp³-hybridized carbons (Fsp3) is 0.800. The van der Waals surface area contributed by atoms with E-state index in [1.54, 1.807) is 0 Å². The molecule has 8 heteroatoms. The Morgan fingerprint density at radius 2 is 1.06 bits per heavy atom. The van der Waals surface area contributed by atoms with E-state index in [1.165, 1.54) is 0 Å². The summed E-state index contributed by atoms with van der Waals surface area (Å²) in [5, 5.41) is 6.57. The van der Waals surface area contributed by atoms with Gasteiger partial charge in [0.1, 0.15) is 0 Å². The summed E-state index contributed by atoms with van der Waals surface area (Å²) < 4.78 is 21.0. The Morgan fingerprint density at radius 1 is 0.722 bits per heavy atom. The van der Waals surface area contributed by atoms with Gasteiger partial charge in [-0.1, -0.05) is 0 Å². The standard InChI is InChI=1S/C10H18N4O2P2/c15-17-9-13-5-1-11-2-6-14(10-18-16)8-4-12-3-7-13/h11-12H,1-8H2. The van der Waals surface area contributed by atoms with Crippen LogP contribution in [-0.2, 0) is 9.13 Å². The molecule has 1 aliphatic rings. The summed E-state index contributed by atoms with van der Waals surface area (Å²) in [7, 11) is -0.143. The first-order valence-electron chi connectivity index (χ1n) is 5.94. The van der Waals surface area contributed by atoms with Gasteiger partial charge in [-0.3, -0.25) is 0 Å². The third-order valence-electron chi connectivity index (χ3n) is 2.60. The Hall–Kier alpha value is -0.140. The zero-order valence-corrected chi connectivity index (χ0v) is 12.1. The average molecular weight is 288 g/mol. The minimum atomic E-state index is -0.0713. The quantitative estimate of drug-likeness (QED) is 0.621. The molecular formula is C10H18N4O2P2. The summed E-state index contributed by atoms with van der Waals surface area (Å²) in [6.07, 6.45) is 0. The van der Waals surface area contributed by atoms with Gasteiger partial charge in [0.2, 0.25) is 0 Å². The van der Waals surface area contributed by atoms with Crippen LogP contribution in [0, 0.1) is 11.5 Å². The minimum absolute atomic E-state index is 0.0713. The average Bonchev–Trinajstić information content (AvgIpc) is 2.35. The number of hydrogen-bond acceptors (Lipinski definition) is 6. The second-order valence-corrected chi connectivity index (χ2v) is 4.62. The fourth-order valence-corrected chi connectivity index (χ4v) is 2.28. The Labute approximate surface area is 110 Å². The molecule has 0 aromatic heterocycles. The Bertz CT molecular complexity index is 379. The van der Waals surface area contributed by atoms with Gasteiger partial charge in [-0.05, 0) is 0 Å². The van der Waals surface area contributed by atoms with Gasteiger partial charge in [-0.25, -0.2) is 0 Å². The first-order chi connectivity index (χ1) is 8.86. The topological polar surface area (TPSA) is 64.7 Å². The summed E-state index contributed by atoms with van der Waals surface area (Å²) in [4.78, 5) is 3.84. The molecule has 100 valence electrons. The van der Waals surface area contributed by atoms with Gasteiger partial charge in [0.05, 0.1) is 0 Å². The van der Waals surface area contributed by atoms with Gasteiger partial charge in [-0.2, -0.15) is 0 Å². The predicted molar refractivity (Wildman–Crippen MR) is 71.9 cm³/mol. The van der Waals surface area contributed by atoms with Crippen molar-refractivity contribution in [2.24, 2.45) is 0 Å². The van der Waals surface area contributed by atoms with Gasteiger partial charge < -0.3 is 0 Å². The Balaban J connectivity index is 2.45. The van der Waals surface area contributed by atoms with Gasteiger partial charge in [0.15, 0.2) is 0 Å². The third-order valence-corrected chi connectivity index (χ3v) is 3.33. The van der Waals surface area contributed by atoms with Crippen LogP contribution in [0.2, 0.25) is 0 Å². The summed E-state index contributed by atoms with van der Waals surface area (Å²) in [6.45, 7) is 6.37. The number of nitrogens with zero attached hydrogens (tertiary/aromatic N) is 2. The van der Waals surface area contributed by atoms with Crippen LogP contribution in [0.4, 0.5) is 0 Å². The third kappa shape index (κ3) is 7.33. The Kier molecular flexibility index (Phi) is 9.51. The van der Waals surface area contributed by atoms with Crippen molar-refractivity contribution in [1.82, 2.24) is 20.4 Å². The zero-order chi connectivity index (χ0) is 13.1. The van der Waals surface area contributed by atoms with Crippen molar-refractivity contribution in [3.63, 3.8) is 0 Å². The van der Waals surface area contributed by atoms with Crippen LogP contribution >= 0.6 is 15.8 Å².